The van der Waals surface area contributed by atoms with Crippen molar-refractivity contribution in [2.45, 2.75) is 20.8 Å². The van der Waals surface area contributed by atoms with Crippen molar-refractivity contribution in [3.05, 3.63) is 23.8 Å². The van der Waals surface area contributed by atoms with E-state index < -0.39 is 0 Å². The van der Waals surface area contributed by atoms with Gasteiger partial charge in [-0.05, 0) is 24.6 Å². The van der Waals surface area contributed by atoms with Crippen molar-refractivity contribution in [2.24, 2.45) is 5.41 Å². The van der Waals surface area contributed by atoms with Crippen molar-refractivity contribution < 1.29 is 5.11 Å². The van der Waals surface area contributed by atoms with Crippen LogP contribution in [0.5, 0.6) is 0 Å². The maximum Gasteiger partial charge on any atom is 0.0498 e. The van der Waals surface area contributed by atoms with Crippen LogP contribution >= 0.6 is 0 Å². The third-order valence-corrected chi connectivity index (χ3v) is 2.45. The molecule has 84 valence electrons. The molecule has 1 rings (SSSR count). The Morgan fingerprint density at radius 2 is 2.07 bits per heavy atom. The number of aryl methyl sites for hydroxylation is 1. The first-order chi connectivity index (χ1) is 6.94. The number of benzene rings is 1. The van der Waals surface area contributed by atoms with E-state index in [1.807, 2.05) is 39.0 Å². The van der Waals surface area contributed by atoms with Gasteiger partial charge in [-0.3, -0.25) is 0 Å². The van der Waals surface area contributed by atoms with Gasteiger partial charge in [0.15, 0.2) is 0 Å². The van der Waals surface area contributed by atoms with E-state index in [0.717, 1.165) is 23.5 Å². The Bertz CT molecular complexity index is 334. The Labute approximate surface area is 91.3 Å². The summed E-state index contributed by atoms with van der Waals surface area (Å²) in [5, 5.41) is 12.4. The van der Waals surface area contributed by atoms with E-state index in [1.54, 1.807) is 0 Å². The van der Waals surface area contributed by atoms with Gasteiger partial charge in [0.25, 0.3) is 0 Å². The fourth-order valence-electron chi connectivity index (χ4n) is 1.22. The molecule has 4 N–H and O–H groups in total. The summed E-state index contributed by atoms with van der Waals surface area (Å²) in [6.45, 7) is 6.96. The second-order valence-corrected chi connectivity index (χ2v) is 4.75. The summed E-state index contributed by atoms with van der Waals surface area (Å²) >= 11 is 0. The van der Waals surface area contributed by atoms with Gasteiger partial charge in [-0.2, -0.15) is 0 Å². The van der Waals surface area contributed by atoms with Gasteiger partial charge in [0.05, 0.1) is 0 Å². The van der Waals surface area contributed by atoms with Gasteiger partial charge in [0.1, 0.15) is 0 Å². The minimum Gasteiger partial charge on any atom is -0.399 e. The average Bonchev–Trinajstić information content (AvgIpc) is 2.20. The molecule has 0 bridgehead atoms. The molecular weight excluding hydrogens is 188 g/mol. The Balaban J connectivity index is 2.69. The molecule has 0 amide bonds. The zero-order valence-electron chi connectivity index (χ0n) is 9.67. The molecule has 3 nitrogen and oxygen atoms in total. The number of hydrogen-bond acceptors (Lipinski definition) is 3. The van der Waals surface area contributed by atoms with Crippen molar-refractivity contribution in [1.82, 2.24) is 0 Å². The number of nitrogens with one attached hydrogen (secondary N) is 1. The summed E-state index contributed by atoms with van der Waals surface area (Å²) < 4.78 is 0. The fourth-order valence-corrected chi connectivity index (χ4v) is 1.22. The zero-order valence-corrected chi connectivity index (χ0v) is 9.67. The SMILES string of the molecule is Cc1ccc(N)cc1NCC(C)(C)CO. The summed E-state index contributed by atoms with van der Waals surface area (Å²) in [4.78, 5) is 0. The van der Waals surface area contributed by atoms with Crippen molar-refractivity contribution in [1.29, 1.82) is 0 Å². The molecule has 0 saturated carbocycles. The highest BCUT2D eigenvalue weighted by Gasteiger charge is 2.16. The van der Waals surface area contributed by atoms with E-state index in [-0.39, 0.29) is 12.0 Å². The van der Waals surface area contributed by atoms with Crippen LogP contribution in [0.15, 0.2) is 18.2 Å². The maximum atomic E-state index is 9.13. The largest absolute Gasteiger partial charge is 0.399 e. The van der Waals surface area contributed by atoms with Gasteiger partial charge in [-0.25, -0.2) is 0 Å². The Morgan fingerprint density at radius 1 is 1.40 bits per heavy atom. The van der Waals surface area contributed by atoms with Crippen LogP contribution in [0.4, 0.5) is 11.4 Å². The molecule has 0 radical (unpaired) electrons. The van der Waals surface area contributed by atoms with Crippen LogP contribution in [0, 0.1) is 12.3 Å². The minimum atomic E-state index is -0.114. The summed E-state index contributed by atoms with van der Waals surface area (Å²) in [5.41, 5.74) is 8.55. The molecule has 0 unspecified atom stereocenters. The molecule has 3 heteroatoms. The van der Waals surface area contributed by atoms with E-state index in [0.29, 0.717) is 0 Å². The summed E-state index contributed by atoms with van der Waals surface area (Å²) in [5.74, 6) is 0. The zero-order chi connectivity index (χ0) is 11.5. The molecular formula is C12H20N2O. The highest BCUT2D eigenvalue weighted by molar-refractivity contribution is 5.59. The molecule has 0 spiro atoms. The van der Waals surface area contributed by atoms with Crippen molar-refractivity contribution >= 4 is 11.4 Å². The molecule has 0 heterocycles. The van der Waals surface area contributed by atoms with Crippen LogP contribution in [0.1, 0.15) is 19.4 Å². The second-order valence-electron chi connectivity index (χ2n) is 4.75. The smallest absolute Gasteiger partial charge is 0.0498 e. The molecule has 0 aliphatic carbocycles. The van der Waals surface area contributed by atoms with Crippen LogP contribution in [0.2, 0.25) is 0 Å². The highest BCUT2D eigenvalue weighted by Crippen LogP contribution is 2.21. The number of aliphatic hydroxyl groups excluding tert-OH is 1. The quantitative estimate of drug-likeness (QED) is 0.663. The van der Waals surface area contributed by atoms with Crippen molar-refractivity contribution in [2.75, 3.05) is 24.2 Å². The molecule has 0 fully saturated rings. The van der Waals surface area contributed by atoms with E-state index in [4.69, 9.17) is 10.8 Å². The molecule has 0 aliphatic heterocycles. The van der Waals surface area contributed by atoms with Gasteiger partial charge in [-0.15, -0.1) is 0 Å². The van der Waals surface area contributed by atoms with Crippen LogP contribution in [-0.2, 0) is 0 Å². The summed E-state index contributed by atoms with van der Waals surface area (Å²) in [6.07, 6.45) is 0. The van der Waals surface area contributed by atoms with Gasteiger partial charge in [0.2, 0.25) is 0 Å². The Kier molecular flexibility index (Phi) is 3.58. The third kappa shape index (κ3) is 3.44. The minimum absolute atomic E-state index is 0.114. The van der Waals surface area contributed by atoms with Crippen LogP contribution in [-0.4, -0.2) is 18.3 Å². The maximum absolute atomic E-state index is 9.13. The lowest BCUT2D eigenvalue weighted by Gasteiger charge is -2.23. The first-order valence-electron chi connectivity index (χ1n) is 5.15. The highest BCUT2D eigenvalue weighted by atomic mass is 16.3. The number of rotatable bonds is 4. The molecule has 0 aliphatic rings. The van der Waals surface area contributed by atoms with Gasteiger partial charge in [0, 0.05) is 29.9 Å². The predicted molar refractivity (Wildman–Crippen MR) is 64.9 cm³/mol. The standard InChI is InChI=1S/C12H20N2O/c1-9-4-5-10(13)6-11(9)14-7-12(2,3)8-15/h4-6,14-15H,7-8,13H2,1-3H3. The lowest BCUT2D eigenvalue weighted by Crippen LogP contribution is -2.27. The number of nitrogen functional groups attached to an aromatic ring is 1. The molecule has 0 saturated heterocycles. The first-order valence-corrected chi connectivity index (χ1v) is 5.15. The number of nitrogens with two attached hydrogens (primary N) is 1. The molecule has 0 atom stereocenters. The predicted octanol–water partition coefficient (Wildman–Crippen LogP) is 2.01. The molecule has 1 aromatic carbocycles. The average molecular weight is 208 g/mol. The van der Waals surface area contributed by atoms with Gasteiger partial charge < -0.3 is 16.2 Å². The van der Waals surface area contributed by atoms with Crippen LogP contribution in [0.3, 0.4) is 0 Å². The van der Waals surface area contributed by atoms with E-state index >= 15 is 0 Å². The summed E-state index contributed by atoms with van der Waals surface area (Å²) in [6, 6.07) is 5.80. The molecule has 1 aromatic rings. The second kappa shape index (κ2) is 4.53. The van der Waals surface area contributed by atoms with Crippen molar-refractivity contribution in [3.63, 3.8) is 0 Å². The van der Waals surface area contributed by atoms with Crippen LogP contribution in [0.25, 0.3) is 0 Å². The summed E-state index contributed by atoms with van der Waals surface area (Å²) in [7, 11) is 0. The molecule has 0 aromatic heterocycles. The van der Waals surface area contributed by atoms with Crippen LogP contribution < -0.4 is 11.1 Å². The van der Waals surface area contributed by atoms with Gasteiger partial charge >= 0.3 is 0 Å². The van der Waals surface area contributed by atoms with E-state index in [2.05, 4.69) is 5.32 Å². The van der Waals surface area contributed by atoms with Gasteiger partial charge in [-0.1, -0.05) is 19.9 Å². The topological polar surface area (TPSA) is 58.3 Å². The number of aliphatic hydroxyl groups is 1. The Hall–Kier alpha value is -1.22. The third-order valence-electron chi connectivity index (χ3n) is 2.45. The number of hydrogen-bond donors (Lipinski definition) is 3. The number of anilines is 2. The molecule has 15 heavy (non-hydrogen) atoms. The lowest BCUT2D eigenvalue weighted by atomic mass is 9.95. The van der Waals surface area contributed by atoms with E-state index in [9.17, 15) is 0 Å². The normalized spacial score (nSPS) is 11.5. The Morgan fingerprint density at radius 3 is 2.67 bits per heavy atom. The van der Waals surface area contributed by atoms with E-state index in [1.165, 1.54) is 0 Å². The lowest BCUT2D eigenvalue weighted by molar-refractivity contribution is 0.171. The first kappa shape index (κ1) is 11.9. The van der Waals surface area contributed by atoms with Crippen molar-refractivity contribution in [3.8, 4) is 0 Å². The monoisotopic (exact) mass is 208 g/mol. The fraction of sp³-hybridized carbons (Fsp3) is 0.500.